The van der Waals surface area contributed by atoms with E-state index >= 15 is 0 Å². The molecule has 0 saturated heterocycles. The number of aliphatic hydroxyl groups is 1. The van der Waals surface area contributed by atoms with Crippen LogP contribution < -0.4 is 0 Å². The Morgan fingerprint density at radius 3 is 2.33 bits per heavy atom. The Kier molecular flexibility index (Phi) is 6.65. The number of aliphatic hydroxyl groups excluding tert-OH is 1. The third-order valence-electron chi connectivity index (χ3n) is 2.43. The Bertz CT molecular complexity index is 193. The molecule has 1 N–H and O–H groups in total. The van der Waals surface area contributed by atoms with Crippen LogP contribution in [-0.4, -0.2) is 22.9 Å². The van der Waals surface area contributed by atoms with Gasteiger partial charge in [0.2, 0.25) is 5.78 Å². The number of carbonyl (C=O) groups excluding carboxylic acids is 1. The van der Waals surface area contributed by atoms with Crippen LogP contribution in [0.2, 0.25) is 0 Å². The van der Waals surface area contributed by atoms with Gasteiger partial charge < -0.3 is 5.11 Å². The van der Waals surface area contributed by atoms with Crippen molar-refractivity contribution >= 4 is 5.78 Å². The number of hydrogen-bond acceptors (Lipinski definition) is 2. The lowest BCUT2D eigenvalue weighted by Crippen LogP contribution is -2.40. The van der Waals surface area contributed by atoms with Crippen LogP contribution in [0.4, 0.5) is 8.78 Å². The van der Waals surface area contributed by atoms with Crippen LogP contribution in [-0.2, 0) is 4.79 Å². The SMILES string of the molecule is CCCCCCC(=O)C(F)(F)C(O)CC. The summed E-state index contributed by atoms with van der Waals surface area (Å²) in [7, 11) is 0. The molecule has 0 aliphatic carbocycles. The summed E-state index contributed by atoms with van der Waals surface area (Å²) in [4.78, 5) is 11.1. The standard InChI is InChI=1S/C11H20F2O2/c1-3-5-6-7-8-10(15)11(12,13)9(14)4-2/h9,14H,3-8H2,1-2H3. The van der Waals surface area contributed by atoms with E-state index in [4.69, 9.17) is 5.11 Å². The van der Waals surface area contributed by atoms with E-state index in [1.165, 1.54) is 6.92 Å². The highest BCUT2D eigenvalue weighted by molar-refractivity contribution is 5.86. The summed E-state index contributed by atoms with van der Waals surface area (Å²) in [5.74, 6) is -4.70. The largest absolute Gasteiger partial charge is 0.386 e. The highest BCUT2D eigenvalue weighted by Crippen LogP contribution is 2.24. The molecule has 1 atom stereocenters. The first-order valence-corrected chi connectivity index (χ1v) is 5.55. The molecular formula is C11H20F2O2. The molecule has 2 nitrogen and oxygen atoms in total. The Balaban J connectivity index is 3.97. The van der Waals surface area contributed by atoms with Gasteiger partial charge in [-0.2, -0.15) is 8.78 Å². The Morgan fingerprint density at radius 1 is 1.27 bits per heavy atom. The molecule has 0 spiro atoms. The van der Waals surface area contributed by atoms with Gasteiger partial charge in [-0.05, 0) is 12.8 Å². The zero-order chi connectivity index (χ0) is 11.9. The number of Topliss-reactive ketones (excluding diaryl/α,β-unsaturated/α-hetero) is 1. The lowest BCUT2D eigenvalue weighted by molar-refractivity contribution is -0.161. The lowest BCUT2D eigenvalue weighted by Gasteiger charge is -2.19. The van der Waals surface area contributed by atoms with Crippen LogP contribution in [0.3, 0.4) is 0 Å². The zero-order valence-corrected chi connectivity index (χ0v) is 9.43. The number of alkyl halides is 2. The van der Waals surface area contributed by atoms with Crippen LogP contribution in [0, 0.1) is 0 Å². The molecule has 4 heteroatoms. The van der Waals surface area contributed by atoms with Crippen LogP contribution >= 0.6 is 0 Å². The van der Waals surface area contributed by atoms with Crippen molar-refractivity contribution in [2.75, 3.05) is 0 Å². The maximum absolute atomic E-state index is 13.1. The third kappa shape index (κ3) is 4.69. The molecule has 0 aromatic heterocycles. The average Bonchev–Trinajstić information content (AvgIpc) is 2.22. The second-order valence-electron chi connectivity index (χ2n) is 3.78. The van der Waals surface area contributed by atoms with Gasteiger partial charge in [0.25, 0.3) is 0 Å². The highest BCUT2D eigenvalue weighted by Gasteiger charge is 2.44. The second-order valence-corrected chi connectivity index (χ2v) is 3.78. The molecule has 0 heterocycles. The van der Waals surface area contributed by atoms with Gasteiger partial charge in [-0.25, -0.2) is 0 Å². The molecule has 0 rings (SSSR count). The molecule has 90 valence electrons. The minimum atomic E-state index is -3.57. The number of halogens is 2. The fraction of sp³-hybridized carbons (Fsp3) is 0.909. The molecule has 15 heavy (non-hydrogen) atoms. The molecule has 0 radical (unpaired) electrons. The lowest BCUT2D eigenvalue weighted by atomic mass is 10.0. The zero-order valence-electron chi connectivity index (χ0n) is 9.43. The number of ketones is 1. The number of unbranched alkanes of at least 4 members (excludes halogenated alkanes) is 3. The number of rotatable bonds is 8. The van der Waals surface area contributed by atoms with E-state index in [1.807, 2.05) is 6.92 Å². The topological polar surface area (TPSA) is 37.3 Å². The van der Waals surface area contributed by atoms with Gasteiger partial charge in [0.05, 0.1) is 0 Å². The van der Waals surface area contributed by atoms with Gasteiger partial charge in [-0.15, -0.1) is 0 Å². The fourth-order valence-corrected chi connectivity index (χ4v) is 1.32. The van der Waals surface area contributed by atoms with E-state index in [1.54, 1.807) is 0 Å². The Labute approximate surface area is 89.7 Å². The van der Waals surface area contributed by atoms with Crippen molar-refractivity contribution in [1.29, 1.82) is 0 Å². The van der Waals surface area contributed by atoms with Gasteiger partial charge in [0.15, 0.2) is 0 Å². The van der Waals surface area contributed by atoms with Crippen molar-refractivity contribution < 1.29 is 18.7 Å². The van der Waals surface area contributed by atoms with Gasteiger partial charge >= 0.3 is 5.92 Å². The van der Waals surface area contributed by atoms with E-state index in [-0.39, 0.29) is 12.8 Å². The smallest absolute Gasteiger partial charge is 0.330 e. The molecule has 0 fully saturated rings. The summed E-state index contributed by atoms with van der Waals surface area (Å²) in [5, 5.41) is 8.99. The van der Waals surface area contributed by atoms with Crippen molar-refractivity contribution in [3.8, 4) is 0 Å². The average molecular weight is 222 g/mol. The second kappa shape index (κ2) is 6.88. The van der Waals surface area contributed by atoms with Crippen molar-refractivity contribution in [3.63, 3.8) is 0 Å². The Morgan fingerprint density at radius 2 is 1.87 bits per heavy atom. The normalized spacial score (nSPS) is 13.9. The van der Waals surface area contributed by atoms with E-state index in [9.17, 15) is 13.6 Å². The molecule has 0 saturated carbocycles. The van der Waals surface area contributed by atoms with E-state index in [0.29, 0.717) is 6.42 Å². The maximum Gasteiger partial charge on any atom is 0.330 e. The molecule has 1 unspecified atom stereocenters. The van der Waals surface area contributed by atoms with Gasteiger partial charge in [-0.3, -0.25) is 4.79 Å². The molecular weight excluding hydrogens is 202 g/mol. The number of hydrogen-bond donors (Lipinski definition) is 1. The predicted molar refractivity (Wildman–Crippen MR) is 55.0 cm³/mol. The predicted octanol–water partition coefficient (Wildman–Crippen LogP) is 2.93. The van der Waals surface area contributed by atoms with E-state index in [2.05, 4.69) is 0 Å². The third-order valence-corrected chi connectivity index (χ3v) is 2.43. The van der Waals surface area contributed by atoms with Crippen LogP contribution in [0.5, 0.6) is 0 Å². The molecule has 0 aromatic rings. The fourth-order valence-electron chi connectivity index (χ4n) is 1.32. The van der Waals surface area contributed by atoms with E-state index in [0.717, 1.165) is 19.3 Å². The van der Waals surface area contributed by atoms with E-state index < -0.39 is 17.8 Å². The quantitative estimate of drug-likeness (QED) is 0.641. The molecule has 0 aliphatic heterocycles. The molecule has 0 bridgehead atoms. The number of carbonyl (C=O) groups is 1. The minimum absolute atomic E-state index is 0.103. The summed E-state index contributed by atoms with van der Waals surface area (Å²) < 4.78 is 26.2. The van der Waals surface area contributed by atoms with Gasteiger partial charge in [0, 0.05) is 6.42 Å². The molecule has 0 amide bonds. The summed E-state index contributed by atoms with van der Waals surface area (Å²) in [5.41, 5.74) is 0. The minimum Gasteiger partial charge on any atom is -0.386 e. The van der Waals surface area contributed by atoms with Crippen molar-refractivity contribution in [2.45, 2.75) is 64.4 Å². The van der Waals surface area contributed by atoms with Crippen molar-refractivity contribution in [1.82, 2.24) is 0 Å². The van der Waals surface area contributed by atoms with Crippen LogP contribution in [0.25, 0.3) is 0 Å². The first-order valence-electron chi connectivity index (χ1n) is 5.55. The summed E-state index contributed by atoms with van der Waals surface area (Å²) in [6.07, 6.45) is 1.16. The highest BCUT2D eigenvalue weighted by atomic mass is 19.3. The summed E-state index contributed by atoms with van der Waals surface area (Å²) in [6.45, 7) is 3.44. The van der Waals surface area contributed by atoms with Crippen molar-refractivity contribution in [2.24, 2.45) is 0 Å². The van der Waals surface area contributed by atoms with Crippen LogP contribution in [0.1, 0.15) is 52.4 Å². The molecule has 0 aromatic carbocycles. The van der Waals surface area contributed by atoms with Gasteiger partial charge in [-0.1, -0.05) is 33.1 Å². The maximum atomic E-state index is 13.1. The summed E-state index contributed by atoms with van der Waals surface area (Å²) in [6, 6.07) is 0. The van der Waals surface area contributed by atoms with Gasteiger partial charge in [0.1, 0.15) is 6.10 Å². The molecule has 0 aliphatic rings. The van der Waals surface area contributed by atoms with Crippen LogP contribution in [0.15, 0.2) is 0 Å². The first-order chi connectivity index (χ1) is 6.96. The first kappa shape index (κ1) is 14.5. The monoisotopic (exact) mass is 222 g/mol. The Hall–Kier alpha value is -0.510. The van der Waals surface area contributed by atoms with Crippen molar-refractivity contribution in [3.05, 3.63) is 0 Å². The summed E-state index contributed by atoms with van der Waals surface area (Å²) >= 11 is 0.